The fourth-order valence-electron chi connectivity index (χ4n) is 3.17. The van der Waals surface area contributed by atoms with Crippen LogP contribution in [0.5, 0.6) is 5.75 Å². The van der Waals surface area contributed by atoms with Crippen LogP contribution in [-0.4, -0.2) is 27.1 Å². The van der Waals surface area contributed by atoms with Crippen molar-refractivity contribution in [3.63, 3.8) is 0 Å². The van der Waals surface area contributed by atoms with Gasteiger partial charge in [-0.3, -0.25) is 14.3 Å². The van der Waals surface area contributed by atoms with Gasteiger partial charge in [0.15, 0.2) is 0 Å². The fraction of sp³-hybridized carbons (Fsp3) is 0.250. The largest absolute Gasteiger partial charge is 0.495 e. The molecule has 0 fully saturated rings. The molecular formula is C24H25N3O4S. The third-order valence-electron chi connectivity index (χ3n) is 4.68. The molecule has 0 saturated heterocycles. The van der Waals surface area contributed by atoms with E-state index in [0.29, 0.717) is 17.0 Å². The Kier molecular flexibility index (Phi) is 6.70. The van der Waals surface area contributed by atoms with Gasteiger partial charge in [-0.05, 0) is 41.8 Å². The Morgan fingerprint density at radius 3 is 2.31 bits per heavy atom. The number of anilines is 1. The molecule has 7 nitrogen and oxygen atoms in total. The van der Waals surface area contributed by atoms with Crippen molar-refractivity contribution in [3.8, 4) is 23.3 Å². The Morgan fingerprint density at radius 2 is 1.75 bits per heavy atom. The molecule has 166 valence electrons. The molecule has 0 bridgehead atoms. The number of aromatic nitrogens is 2. The molecule has 0 aliphatic rings. The summed E-state index contributed by atoms with van der Waals surface area (Å²) >= 11 is 0. The molecule has 1 atom stereocenters. The Balaban J connectivity index is 2.14. The molecule has 3 aromatic rings. The third-order valence-corrected chi connectivity index (χ3v) is 5.20. The summed E-state index contributed by atoms with van der Waals surface area (Å²) in [6, 6.07) is 12.2. The van der Waals surface area contributed by atoms with Crippen molar-refractivity contribution in [2.75, 3.05) is 18.1 Å². The molecule has 2 N–H and O–H groups in total. The van der Waals surface area contributed by atoms with E-state index in [0.717, 1.165) is 16.8 Å². The minimum absolute atomic E-state index is 0.285. The van der Waals surface area contributed by atoms with E-state index in [1.807, 2.05) is 39.0 Å². The molecule has 8 heteroatoms. The fourth-order valence-corrected chi connectivity index (χ4v) is 3.64. The van der Waals surface area contributed by atoms with E-state index < -0.39 is 22.2 Å². The van der Waals surface area contributed by atoms with Crippen molar-refractivity contribution in [2.24, 2.45) is 0 Å². The van der Waals surface area contributed by atoms with Crippen LogP contribution in [0.25, 0.3) is 5.69 Å². The highest BCUT2D eigenvalue weighted by Gasteiger charge is 2.22. The maximum Gasteiger partial charge on any atom is 0.332 e. The van der Waals surface area contributed by atoms with Gasteiger partial charge in [-0.15, -0.1) is 0 Å². The van der Waals surface area contributed by atoms with Crippen molar-refractivity contribution >= 4 is 16.7 Å². The van der Waals surface area contributed by atoms with Gasteiger partial charge in [-0.25, -0.2) is 9.00 Å². The quantitative estimate of drug-likeness (QED) is 0.597. The van der Waals surface area contributed by atoms with Gasteiger partial charge < -0.3 is 9.46 Å². The van der Waals surface area contributed by atoms with Crippen LogP contribution in [0.1, 0.15) is 37.5 Å². The molecule has 0 spiro atoms. The number of nitrogens with one attached hydrogen (secondary N) is 2. The van der Waals surface area contributed by atoms with E-state index in [-0.39, 0.29) is 5.41 Å². The number of hydrogen-bond acceptors (Lipinski definition) is 4. The van der Waals surface area contributed by atoms with Crippen LogP contribution < -0.4 is 20.7 Å². The van der Waals surface area contributed by atoms with Gasteiger partial charge in [-0.2, -0.15) is 0 Å². The summed E-state index contributed by atoms with van der Waals surface area (Å²) in [5, 5.41) is 0. The highest BCUT2D eigenvalue weighted by molar-refractivity contribution is 7.85. The minimum Gasteiger partial charge on any atom is -0.495 e. The number of rotatable bonds is 4. The molecule has 32 heavy (non-hydrogen) atoms. The molecule has 3 rings (SSSR count). The molecule has 0 aliphatic heterocycles. The average molecular weight is 452 g/mol. The Hall–Kier alpha value is -3.57. The zero-order chi connectivity index (χ0) is 23.5. The first-order valence-corrected chi connectivity index (χ1v) is 11.4. The lowest BCUT2D eigenvalue weighted by Crippen LogP contribution is -2.28. The van der Waals surface area contributed by atoms with Crippen LogP contribution in [-0.2, 0) is 16.4 Å². The number of ether oxygens (including phenoxy) is 1. The number of benzene rings is 2. The topological polar surface area (TPSA) is 93.2 Å². The standard InChI is InChI=1S/C24H25N3O4S/c1-24(2,3)20-15-19(27-13-12-21(28)25-23(27)29)14-17(22(20)31-4)9-6-16-7-10-18(11-8-16)26-32(5)30/h7-8,10-15,26H,1-5H3,(H,25,28,29). The molecule has 1 heterocycles. The molecule has 0 saturated carbocycles. The second-order valence-corrected chi connectivity index (χ2v) is 9.30. The van der Waals surface area contributed by atoms with E-state index >= 15 is 0 Å². The molecule has 1 aromatic heterocycles. The predicted octanol–water partition coefficient (Wildman–Crippen LogP) is 2.94. The van der Waals surface area contributed by atoms with Gasteiger partial charge in [-0.1, -0.05) is 32.6 Å². The summed E-state index contributed by atoms with van der Waals surface area (Å²) in [4.78, 5) is 26.1. The van der Waals surface area contributed by atoms with Crippen LogP contribution in [0.3, 0.4) is 0 Å². The number of hydrogen-bond donors (Lipinski definition) is 2. The highest BCUT2D eigenvalue weighted by Crippen LogP contribution is 2.35. The summed E-state index contributed by atoms with van der Waals surface area (Å²) in [6.07, 6.45) is 3.00. The van der Waals surface area contributed by atoms with Gasteiger partial charge in [0.05, 0.1) is 18.4 Å². The monoisotopic (exact) mass is 451 g/mol. The number of H-pyrrole nitrogens is 1. The van der Waals surface area contributed by atoms with Crippen molar-refractivity contribution in [1.29, 1.82) is 0 Å². The van der Waals surface area contributed by atoms with Crippen LogP contribution in [0.4, 0.5) is 5.69 Å². The molecule has 0 radical (unpaired) electrons. The normalized spacial score (nSPS) is 11.9. The van der Waals surface area contributed by atoms with Crippen molar-refractivity contribution in [3.05, 3.63) is 86.2 Å². The van der Waals surface area contributed by atoms with E-state index in [1.165, 1.54) is 16.8 Å². The van der Waals surface area contributed by atoms with Gasteiger partial charge in [0.25, 0.3) is 5.56 Å². The van der Waals surface area contributed by atoms with E-state index in [2.05, 4.69) is 21.5 Å². The molecule has 2 aromatic carbocycles. The summed E-state index contributed by atoms with van der Waals surface area (Å²) < 4.78 is 21.2. The molecule has 0 amide bonds. The summed E-state index contributed by atoms with van der Waals surface area (Å²) in [6.45, 7) is 6.14. The molecule has 0 aliphatic carbocycles. The first kappa shape index (κ1) is 23.1. The van der Waals surface area contributed by atoms with Crippen LogP contribution >= 0.6 is 0 Å². The van der Waals surface area contributed by atoms with Crippen LogP contribution in [0, 0.1) is 11.8 Å². The van der Waals surface area contributed by atoms with E-state index in [1.54, 1.807) is 31.6 Å². The first-order valence-electron chi connectivity index (χ1n) is 9.85. The number of methoxy groups -OCH3 is 1. The van der Waals surface area contributed by atoms with Gasteiger partial charge >= 0.3 is 5.69 Å². The second-order valence-electron chi connectivity index (χ2n) is 8.19. The minimum atomic E-state index is -1.15. The third kappa shape index (κ3) is 5.37. The smallest absolute Gasteiger partial charge is 0.332 e. The van der Waals surface area contributed by atoms with E-state index in [9.17, 15) is 13.8 Å². The number of nitrogens with zero attached hydrogens (tertiary/aromatic N) is 1. The summed E-state index contributed by atoms with van der Waals surface area (Å²) in [5.41, 5.74) is 2.30. The van der Waals surface area contributed by atoms with Crippen molar-refractivity contribution in [2.45, 2.75) is 26.2 Å². The lowest BCUT2D eigenvalue weighted by atomic mass is 9.84. The average Bonchev–Trinajstić information content (AvgIpc) is 2.71. The van der Waals surface area contributed by atoms with Crippen molar-refractivity contribution < 1.29 is 8.95 Å². The molecule has 1 unspecified atom stereocenters. The Bertz CT molecular complexity index is 1340. The molecular weight excluding hydrogens is 426 g/mol. The second kappa shape index (κ2) is 9.28. The zero-order valence-corrected chi connectivity index (χ0v) is 19.4. The Labute approximate surface area is 189 Å². The highest BCUT2D eigenvalue weighted by atomic mass is 32.2. The zero-order valence-electron chi connectivity index (χ0n) is 18.6. The van der Waals surface area contributed by atoms with Crippen LogP contribution in [0.15, 0.2) is 58.3 Å². The maximum atomic E-state index is 12.4. The summed E-state index contributed by atoms with van der Waals surface area (Å²) in [7, 11) is 0.441. The van der Waals surface area contributed by atoms with Gasteiger partial charge in [0, 0.05) is 35.3 Å². The lowest BCUT2D eigenvalue weighted by Gasteiger charge is -2.24. The van der Waals surface area contributed by atoms with Crippen LogP contribution in [0.2, 0.25) is 0 Å². The lowest BCUT2D eigenvalue weighted by molar-refractivity contribution is 0.396. The predicted molar refractivity (Wildman–Crippen MR) is 128 cm³/mol. The van der Waals surface area contributed by atoms with Gasteiger partial charge in [0.2, 0.25) is 0 Å². The first-order chi connectivity index (χ1) is 15.1. The van der Waals surface area contributed by atoms with Crippen molar-refractivity contribution in [1.82, 2.24) is 9.55 Å². The SMILES string of the molecule is COc1c(C#Cc2ccc(NS(C)=O)cc2)cc(-n2ccc(=O)[nH]c2=O)cc1C(C)(C)C. The van der Waals surface area contributed by atoms with Gasteiger partial charge in [0.1, 0.15) is 16.7 Å². The van der Waals surface area contributed by atoms with E-state index in [4.69, 9.17) is 4.74 Å². The number of aromatic amines is 1. The summed E-state index contributed by atoms with van der Waals surface area (Å²) in [5.74, 6) is 6.90. The Morgan fingerprint density at radius 1 is 1.06 bits per heavy atom. The maximum absolute atomic E-state index is 12.4.